The number of nitrogens with zero attached hydrogens (tertiary/aromatic N) is 1. The number of hydrogen-bond donors (Lipinski definition) is 0. The summed E-state index contributed by atoms with van der Waals surface area (Å²) >= 11 is 0. The molecule has 2 saturated heterocycles. The van der Waals surface area contributed by atoms with Crippen molar-refractivity contribution in [2.75, 3.05) is 47.9 Å². The summed E-state index contributed by atoms with van der Waals surface area (Å²) in [5.74, 6) is -2.17. The molecule has 0 aliphatic carbocycles. The molecule has 0 saturated carbocycles. The maximum absolute atomic E-state index is 13.0. The number of amides is 1. The Kier molecular flexibility index (Phi) is 24.7. The molecule has 2 aliphatic heterocycles. The molecule has 1 amide bonds. The minimum absolute atomic E-state index is 0.0885. The van der Waals surface area contributed by atoms with Gasteiger partial charge in [0.25, 0.3) is 0 Å². The van der Waals surface area contributed by atoms with E-state index in [1.807, 2.05) is 34.6 Å². The van der Waals surface area contributed by atoms with Gasteiger partial charge in [-0.15, -0.1) is 0 Å². The summed E-state index contributed by atoms with van der Waals surface area (Å²) in [6.07, 6.45) is 18.7. The molecule has 58 heavy (non-hydrogen) atoms. The Balaban J connectivity index is 1.56. The zero-order valence-corrected chi connectivity index (χ0v) is 38.2. The fourth-order valence-electron chi connectivity index (χ4n) is 7.79. The first-order valence-electron chi connectivity index (χ1n) is 22.3. The van der Waals surface area contributed by atoms with Crippen molar-refractivity contribution in [3.05, 3.63) is 0 Å². The van der Waals surface area contributed by atoms with E-state index in [9.17, 15) is 14.4 Å². The second-order valence-corrected chi connectivity index (χ2v) is 17.9. The molecule has 13 heteroatoms. The second kappa shape index (κ2) is 27.3. The maximum Gasteiger partial charge on any atom is 0.412 e. The summed E-state index contributed by atoms with van der Waals surface area (Å²) in [6.45, 7) is 14.7. The van der Waals surface area contributed by atoms with Gasteiger partial charge >= 0.3 is 6.09 Å². The van der Waals surface area contributed by atoms with Crippen LogP contribution < -0.4 is 0 Å². The minimum atomic E-state index is -1.21. The highest BCUT2D eigenvalue weighted by atomic mass is 16.8. The molecule has 0 N–H and O–H groups in total. The van der Waals surface area contributed by atoms with E-state index in [-0.39, 0.29) is 30.8 Å². The predicted octanol–water partition coefficient (Wildman–Crippen LogP) is 9.44. The van der Waals surface area contributed by atoms with Gasteiger partial charge in [0.15, 0.2) is 0 Å². The van der Waals surface area contributed by atoms with Crippen molar-refractivity contribution in [3.8, 4) is 0 Å². The third kappa shape index (κ3) is 18.5. The molecule has 13 nitrogen and oxygen atoms in total. The van der Waals surface area contributed by atoms with E-state index in [0.717, 1.165) is 51.2 Å². The highest BCUT2D eigenvalue weighted by Crippen LogP contribution is 2.42. The fourth-order valence-corrected chi connectivity index (χ4v) is 7.79. The van der Waals surface area contributed by atoms with Gasteiger partial charge in [-0.25, -0.2) is 4.79 Å². The Morgan fingerprint density at radius 3 is 1.90 bits per heavy atom. The zero-order chi connectivity index (χ0) is 43.1. The molecule has 0 aromatic heterocycles. The van der Waals surface area contributed by atoms with Gasteiger partial charge in [-0.3, -0.25) is 9.69 Å². The number of methoxy groups -OCH3 is 3. The van der Waals surface area contributed by atoms with E-state index < -0.39 is 35.1 Å². The van der Waals surface area contributed by atoms with Crippen LogP contribution in [0, 0.1) is 0 Å². The van der Waals surface area contributed by atoms with E-state index in [4.69, 9.17) is 42.6 Å². The summed E-state index contributed by atoms with van der Waals surface area (Å²) in [5.41, 5.74) is -1.26. The molecular formula is C45H83NO12. The average Bonchev–Trinajstić information content (AvgIpc) is 3.48. The van der Waals surface area contributed by atoms with Gasteiger partial charge in [-0.05, 0) is 80.6 Å². The van der Waals surface area contributed by atoms with Crippen LogP contribution in [0.1, 0.15) is 177 Å². The Morgan fingerprint density at radius 1 is 0.776 bits per heavy atom. The van der Waals surface area contributed by atoms with E-state index in [2.05, 4.69) is 0 Å². The van der Waals surface area contributed by atoms with Gasteiger partial charge in [0, 0.05) is 47.2 Å². The molecule has 340 valence electrons. The minimum Gasteiger partial charge on any atom is -0.444 e. The van der Waals surface area contributed by atoms with Crippen molar-refractivity contribution >= 4 is 18.2 Å². The summed E-state index contributed by atoms with van der Waals surface area (Å²) in [4.78, 5) is 38.4. The number of carbonyl (C=O) groups excluding carboxylic acids is 3. The van der Waals surface area contributed by atoms with E-state index in [1.54, 1.807) is 40.1 Å². The van der Waals surface area contributed by atoms with Gasteiger partial charge in [-0.1, -0.05) is 77.0 Å². The fraction of sp³-hybridized carbons (Fsp3) is 0.933. The lowest BCUT2D eigenvalue weighted by molar-refractivity contribution is -0.455. The first-order chi connectivity index (χ1) is 27.6. The smallest absolute Gasteiger partial charge is 0.412 e. The molecule has 0 spiro atoms. The topological polar surface area (TPSA) is 138 Å². The van der Waals surface area contributed by atoms with E-state index in [0.29, 0.717) is 51.9 Å². The SMILES string of the molecule is COCO[C@H](CCCCC=O)[C@@H]1O[C@@](C)(OC)[C@](C)(OC)O[C@@H]1CCC(=O)CCCCCCCCCCCCCCCOC[C@H]1COC(C)(C)N1C(=O)OC(C)(C)C. The van der Waals surface area contributed by atoms with Crippen molar-refractivity contribution < 1.29 is 57.0 Å². The van der Waals surface area contributed by atoms with Crippen LogP contribution in [0.25, 0.3) is 0 Å². The first-order valence-corrected chi connectivity index (χ1v) is 22.3. The number of ketones is 1. The summed E-state index contributed by atoms with van der Waals surface area (Å²) in [7, 11) is 4.69. The summed E-state index contributed by atoms with van der Waals surface area (Å²) in [6, 6.07) is -0.139. The monoisotopic (exact) mass is 830 g/mol. The number of aldehydes is 1. The lowest BCUT2D eigenvalue weighted by Gasteiger charge is -2.53. The maximum atomic E-state index is 13.0. The molecule has 2 fully saturated rings. The van der Waals surface area contributed by atoms with Crippen LogP contribution in [0.2, 0.25) is 0 Å². The lowest BCUT2D eigenvalue weighted by atomic mass is 9.93. The van der Waals surface area contributed by atoms with Gasteiger partial charge < -0.3 is 47.4 Å². The van der Waals surface area contributed by atoms with Crippen molar-refractivity contribution in [1.82, 2.24) is 4.90 Å². The molecule has 2 rings (SSSR count). The van der Waals surface area contributed by atoms with E-state index in [1.165, 1.54) is 51.4 Å². The lowest BCUT2D eigenvalue weighted by Crippen LogP contribution is -2.67. The molecule has 0 bridgehead atoms. The van der Waals surface area contributed by atoms with Crippen LogP contribution in [0.3, 0.4) is 0 Å². The Bertz CT molecular complexity index is 1150. The van der Waals surface area contributed by atoms with Crippen LogP contribution in [-0.4, -0.2) is 118 Å². The Labute approximate surface area is 351 Å². The van der Waals surface area contributed by atoms with Crippen molar-refractivity contribution in [3.63, 3.8) is 0 Å². The van der Waals surface area contributed by atoms with Crippen LogP contribution in [0.15, 0.2) is 0 Å². The molecule has 0 aromatic carbocycles. The summed E-state index contributed by atoms with van der Waals surface area (Å²) in [5, 5.41) is 0. The van der Waals surface area contributed by atoms with E-state index >= 15 is 0 Å². The van der Waals surface area contributed by atoms with Crippen LogP contribution in [0.4, 0.5) is 4.79 Å². The quantitative estimate of drug-likeness (QED) is 0.0363. The third-order valence-corrected chi connectivity index (χ3v) is 11.5. The molecule has 2 heterocycles. The van der Waals surface area contributed by atoms with Gasteiger partial charge in [-0.2, -0.15) is 0 Å². The zero-order valence-electron chi connectivity index (χ0n) is 38.2. The molecule has 0 unspecified atom stereocenters. The number of hydrogen-bond acceptors (Lipinski definition) is 12. The van der Waals surface area contributed by atoms with Crippen LogP contribution >= 0.6 is 0 Å². The van der Waals surface area contributed by atoms with Crippen molar-refractivity contribution in [2.24, 2.45) is 0 Å². The van der Waals surface area contributed by atoms with Gasteiger partial charge in [0.2, 0.25) is 11.6 Å². The number of Topliss-reactive ketones (excluding diaryl/α,β-unsaturated/α-hetero) is 1. The van der Waals surface area contributed by atoms with Crippen molar-refractivity contribution in [2.45, 2.75) is 224 Å². The number of carbonyl (C=O) groups is 3. The average molecular weight is 830 g/mol. The highest BCUT2D eigenvalue weighted by molar-refractivity contribution is 5.78. The third-order valence-electron chi connectivity index (χ3n) is 11.5. The number of ether oxygens (including phenoxy) is 9. The largest absolute Gasteiger partial charge is 0.444 e. The molecule has 0 radical (unpaired) electrons. The normalized spacial score (nSPS) is 25.2. The second-order valence-electron chi connectivity index (χ2n) is 17.9. The molecule has 6 atom stereocenters. The Morgan fingerprint density at radius 2 is 1.34 bits per heavy atom. The van der Waals surface area contributed by atoms with Crippen LogP contribution in [0.5, 0.6) is 0 Å². The van der Waals surface area contributed by atoms with Gasteiger partial charge in [0.1, 0.15) is 36.3 Å². The predicted molar refractivity (Wildman–Crippen MR) is 223 cm³/mol. The number of unbranched alkanes of at least 4 members (excludes halogenated alkanes) is 14. The van der Waals surface area contributed by atoms with Gasteiger partial charge in [0.05, 0.1) is 31.5 Å². The summed E-state index contributed by atoms with van der Waals surface area (Å²) < 4.78 is 53.3. The molecular weight excluding hydrogens is 746 g/mol. The van der Waals surface area contributed by atoms with Crippen LogP contribution in [-0.2, 0) is 52.2 Å². The first kappa shape index (κ1) is 52.4. The molecule has 0 aromatic rings. The standard InChI is InChI=1S/C45H83NO12/c1-42(2,3)58-41(49)46-36(34-55-43(46,4)5)33-53-32-26-21-19-17-15-13-11-12-14-16-18-20-23-27-37(48)29-30-39-40(38(54-35-50-8)28-24-22-25-31-47)57-45(7,52-10)44(6,51-9)56-39/h31,36,38-40H,11-30,32-35H2,1-10H3/t36-,38+,39+,40-,44+,45+/m0/s1. The van der Waals surface area contributed by atoms with Crippen molar-refractivity contribution in [1.29, 1.82) is 0 Å². The molecule has 2 aliphatic rings. The Hall–Kier alpha value is -1.71. The number of rotatable bonds is 32. The highest BCUT2D eigenvalue weighted by Gasteiger charge is 2.58.